The fourth-order valence-electron chi connectivity index (χ4n) is 2.64. The SMILES string of the molecule is Oc1cccn2c(CC3CCCNC3)nc(Cl)c12. The minimum atomic E-state index is 0.183. The Labute approximate surface area is 111 Å². The van der Waals surface area contributed by atoms with E-state index in [1.54, 1.807) is 6.07 Å². The molecule has 0 aromatic carbocycles. The van der Waals surface area contributed by atoms with Gasteiger partial charge in [-0.1, -0.05) is 11.6 Å². The van der Waals surface area contributed by atoms with Gasteiger partial charge in [0.2, 0.25) is 0 Å². The van der Waals surface area contributed by atoms with Crippen LogP contribution in [0.4, 0.5) is 0 Å². The van der Waals surface area contributed by atoms with E-state index in [1.165, 1.54) is 12.8 Å². The van der Waals surface area contributed by atoms with Crippen molar-refractivity contribution in [1.82, 2.24) is 14.7 Å². The number of fused-ring (bicyclic) bond motifs is 1. The molecule has 1 unspecified atom stereocenters. The highest BCUT2D eigenvalue weighted by Crippen LogP contribution is 2.28. The Morgan fingerprint density at radius 1 is 1.56 bits per heavy atom. The summed E-state index contributed by atoms with van der Waals surface area (Å²) in [4.78, 5) is 4.39. The van der Waals surface area contributed by atoms with Crippen LogP contribution in [0.1, 0.15) is 18.7 Å². The molecule has 18 heavy (non-hydrogen) atoms. The first-order valence-corrected chi connectivity index (χ1v) is 6.68. The molecule has 0 amide bonds. The lowest BCUT2D eigenvalue weighted by atomic mass is 9.96. The molecule has 0 aliphatic carbocycles. The summed E-state index contributed by atoms with van der Waals surface area (Å²) in [6, 6.07) is 3.44. The van der Waals surface area contributed by atoms with Crippen LogP contribution in [-0.4, -0.2) is 27.6 Å². The summed E-state index contributed by atoms with van der Waals surface area (Å²) < 4.78 is 1.90. The standard InChI is InChI=1S/C13H16ClN3O/c14-13-12-10(18)4-2-6-17(12)11(16-13)7-9-3-1-5-15-8-9/h2,4,6,9,15,18H,1,3,5,7-8H2. The van der Waals surface area contributed by atoms with Crippen LogP contribution in [0.25, 0.3) is 5.52 Å². The van der Waals surface area contributed by atoms with Gasteiger partial charge in [0, 0.05) is 12.6 Å². The van der Waals surface area contributed by atoms with Gasteiger partial charge in [-0.15, -0.1) is 0 Å². The van der Waals surface area contributed by atoms with Crippen LogP contribution < -0.4 is 5.32 Å². The molecule has 0 saturated carbocycles. The zero-order chi connectivity index (χ0) is 12.5. The summed E-state index contributed by atoms with van der Waals surface area (Å²) in [5.41, 5.74) is 0.609. The third kappa shape index (κ3) is 2.06. The smallest absolute Gasteiger partial charge is 0.158 e. The van der Waals surface area contributed by atoms with Crippen molar-refractivity contribution in [2.75, 3.05) is 13.1 Å². The lowest BCUT2D eigenvalue weighted by Gasteiger charge is -2.21. The van der Waals surface area contributed by atoms with E-state index in [4.69, 9.17) is 11.6 Å². The molecule has 1 atom stereocenters. The molecule has 1 aliphatic heterocycles. The number of hydrogen-bond donors (Lipinski definition) is 2. The third-order valence-corrected chi connectivity index (χ3v) is 3.81. The van der Waals surface area contributed by atoms with Gasteiger partial charge in [-0.25, -0.2) is 4.98 Å². The van der Waals surface area contributed by atoms with Crippen LogP contribution >= 0.6 is 11.6 Å². The number of halogens is 1. The molecule has 2 aromatic rings. The van der Waals surface area contributed by atoms with Crippen molar-refractivity contribution in [1.29, 1.82) is 0 Å². The number of imidazole rings is 1. The molecule has 0 bridgehead atoms. The van der Waals surface area contributed by atoms with E-state index >= 15 is 0 Å². The zero-order valence-corrected chi connectivity index (χ0v) is 10.8. The van der Waals surface area contributed by atoms with Gasteiger partial charge in [0.1, 0.15) is 17.1 Å². The molecule has 96 valence electrons. The first kappa shape index (κ1) is 11.8. The van der Waals surface area contributed by atoms with E-state index in [1.807, 2.05) is 16.7 Å². The zero-order valence-electron chi connectivity index (χ0n) is 10.1. The van der Waals surface area contributed by atoms with Crippen molar-refractivity contribution in [3.05, 3.63) is 29.3 Å². The number of pyridine rings is 1. The maximum atomic E-state index is 9.81. The highest BCUT2D eigenvalue weighted by Gasteiger charge is 2.18. The van der Waals surface area contributed by atoms with Crippen molar-refractivity contribution in [3.8, 4) is 5.75 Å². The Balaban J connectivity index is 1.94. The van der Waals surface area contributed by atoms with Crippen LogP contribution in [0, 0.1) is 5.92 Å². The van der Waals surface area contributed by atoms with Crippen molar-refractivity contribution >= 4 is 17.1 Å². The highest BCUT2D eigenvalue weighted by molar-refractivity contribution is 6.33. The van der Waals surface area contributed by atoms with Crippen LogP contribution in [-0.2, 0) is 6.42 Å². The summed E-state index contributed by atoms with van der Waals surface area (Å²) in [5, 5.41) is 13.6. The quantitative estimate of drug-likeness (QED) is 0.876. The Morgan fingerprint density at radius 3 is 3.22 bits per heavy atom. The van der Waals surface area contributed by atoms with Crippen molar-refractivity contribution in [3.63, 3.8) is 0 Å². The average molecular weight is 266 g/mol. The Bertz CT molecular complexity index is 561. The van der Waals surface area contributed by atoms with Gasteiger partial charge in [0.15, 0.2) is 5.15 Å². The van der Waals surface area contributed by atoms with Gasteiger partial charge in [-0.3, -0.25) is 4.40 Å². The normalized spacial score (nSPS) is 20.4. The molecular weight excluding hydrogens is 250 g/mol. The second-order valence-electron chi connectivity index (χ2n) is 4.85. The molecule has 5 heteroatoms. The number of aromatic nitrogens is 2. The largest absolute Gasteiger partial charge is 0.506 e. The molecule has 0 spiro atoms. The van der Waals surface area contributed by atoms with Crippen molar-refractivity contribution in [2.24, 2.45) is 5.92 Å². The predicted molar refractivity (Wildman–Crippen MR) is 71.2 cm³/mol. The molecular formula is C13H16ClN3O. The number of nitrogens with zero attached hydrogens (tertiary/aromatic N) is 2. The number of piperidine rings is 1. The van der Waals surface area contributed by atoms with Crippen LogP contribution in [0.5, 0.6) is 5.75 Å². The minimum Gasteiger partial charge on any atom is -0.506 e. The van der Waals surface area contributed by atoms with Crippen LogP contribution in [0.15, 0.2) is 18.3 Å². The van der Waals surface area contributed by atoms with E-state index in [2.05, 4.69) is 10.3 Å². The first-order chi connectivity index (χ1) is 8.75. The summed E-state index contributed by atoms with van der Waals surface area (Å²) in [5.74, 6) is 1.71. The van der Waals surface area contributed by atoms with Gasteiger partial charge in [0.05, 0.1) is 0 Å². The van der Waals surface area contributed by atoms with Gasteiger partial charge >= 0.3 is 0 Å². The Hall–Kier alpha value is -1.26. The molecule has 2 aromatic heterocycles. The van der Waals surface area contributed by atoms with Gasteiger partial charge in [-0.05, 0) is 44.0 Å². The molecule has 1 fully saturated rings. The summed E-state index contributed by atoms with van der Waals surface area (Å²) in [7, 11) is 0. The van der Waals surface area contributed by atoms with Gasteiger partial charge in [0.25, 0.3) is 0 Å². The highest BCUT2D eigenvalue weighted by atomic mass is 35.5. The average Bonchev–Trinajstić information content (AvgIpc) is 2.69. The second kappa shape index (κ2) is 4.78. The van der Waals surface area contributed by atoms with Gasteiger partial charge < -0.3 is 10.4 Å². The number of hydrogen-bond acceptors (Lipinski definition) is 3. The summed E-state index contributed by atoms with van der Waals surface area (Å²) in [6.07, 6.45) is 5.23. The Morgan fingerprint density at radius 2 is 2.44 bits per heavy atom. The van der Waals surface area contributed by atoms with Crippen molar-refractivity contribution < 1.29 is 5.11 Å². The van der Waals surface area contributed by atoms with E-state index < -0.39 is 0 Å². The van der Waals surface area contributed by atoms with Gasteiger partial charge in [-0.2, -0.15) is 0 Å². The maximum Gasteiger partial charge on any atom is 0.158 e. The van der Waals surface area contributed by atoms with Crippen molar-refractivity contribution in [2.45, 2.75) is 19.3 Å². The fourth-order valence-corrected chi connectivity index (χ4v) is 2.92. The molecule has 1 aliphatic rings. The second-order valence-corrected chi connectivity index (χ2v) is 5.21. The van der Waals surface area contributed by atoms with E-state index in [9.17, 15) is 5.11 Å². The van der Waals surface area contributed by atoms with E-state index in [0.29, 0.717) is 16.6 Å². The number of rotatable bonds is 2. The number of nitrogens with one attached hydrogen (secondary N) is 1. The predicted octanol–water partition coefficient (Wildman–Crippen LogP) is 2.24. The first-order valence-electron chi connectivity index (χ1n) is 6.31. The van der Waals surface area contributed by atoms with E-state index in [0.717, 1.165) is 25.3 Å². The molecule has 1 saturated heterocycles. The lowest BCUT2D eigenvalue weighted by molar-refractivity contribution is 0.370. The minimum absolute atomic E-state index is 0.183. The topological polar surface area (TPSA) is 49.6 Å². The van der Waals surface area contributed by atoms with E-state index in [-0.39, 0.29) is 5.75 Å². The monoisotopic (exact) mass is 265 g/mol. The maximum absolute atomic E-state index is 9.81. The Kier molecular flexibility index (Phi) is 3.14. The molecule has 0 radical (unpaired) electrons. The van der Waals surface area contributed by atoms with Crippen LogP contribution in [0.2, 0.25) is 5.15 Å². The molecule has 3 rings (SSSR count). The number of aromatic hydroxyl groups is 1. The molecule has 2 N–H and O–H groups in total. The third-order valence-electron chi connectivity index (χ3n) is 3.54. The fraction of sp³-hybridized carbons (Fsp3) is 0.462. The molecule has 4 nitrogen and oxygen atoms in total. The lowest BCUT2D eigenvalue weighted by Crippen LogP contribution is -2.31. The summed E-state index contributed by atoms with van der Waals surface area (Å²) >= 11 is 6.09. The molecule has 3 heterocycles. The van der Waals surface area contributed by atoms with Crippen LogP contribution in [0.3, 0.4) is 0 Å². The summed E-state index contributed by atoms with van der Waals surface area (Å²) in [6.45, 7) is 2.14.